The Hall–Kier alpha value is -2.76. The van der Waals surface area contributed by atoms with Crippen molar-refractivity contribution in [3.05, 3.63) is 81.5 Å². The molecular weight excluding hydrogens is 387 g/mol. The molecule has 0 unspecified atom stereocenters. The molecule has 5 nitrogen and oxygen atoms in total. The van der Waals surface area contributed by atoms with Gasteiger partial charge in [0, 0.05) is 21.2 Å². The van der Waals surface area contributed by atoms with Gasteiger partial charge in [0.15, 0.2) is 0 Å². The molecule has 1 aromatic heterocycles. The molecule has 0 saturated heterocycles. The van der Waals surface area contributed by atoms with Crippen LogP contribution in [0.1, 0.15) is 21.7 Å². The number of carbonyl (C=O) groups excluding carboxylic acids is 1. The third kappa shape index (κ3) is 4.51. The largest absolute Gasteiger partial charge is 0.465 e. The van der Waals surface area contributed by atoms with Gasteiger partial charge in [-0.05, 0) is 30.3 Å². The van der Waals surface area contributed by atoms with Gasteiger partial charge in [0.2, 0.25) is 0 Å². The standard InChI is InChI=1S/C20H16Cl2N2O3/c1-26-20(25)15-6-3-2-5-14(15)19-10-9-13(27-19)11-23-24-12-16-17(21)7-4-8-18(16)22/h2-11,24H,12H2,1H3/b23-11+. The van der Waals surface area contributed by atoms with Gasteiger partial charge in [-0.1, -0.05) is 47.5 Å². The highest BCUT2D eigenvalue weighted by molar-refractivity contribution is 6.35. The van der Waals surface area contributed by atoms with Gasteiger partial charge in [-0.25, -0.2) is 4.79 Å². The number of ether oxygens (including phenoxy) is 1. The molecule has 3 aromatic rings. The Morgan fingerprint density at radius 3 is 2.59 bits per heavy atom. The van der Waals surface area contributed by atoms with Crippen LogP contribution < -0.4 is 5.43 Å². The van der Waals surface area contributed by atoms with Crippen molar-refractivity contribution in [2.45, 2.75) is 6.54 Å². The summed E-state index contributed by atoms with van der Waals surface area (Å²) >= 11 is 12.2. The maximum atomic E-state index is 11.9. The lowest BCUT2D eigenvalue weighted by Gasteiger charge is -2.05. The van der Waals surface area contributed by atoms with Crippen molar-refractivity contribution < 1.29 is 13.9 Å². The molecule has 0 aliphatic heterocycles. The fourth-order valence-corrected chi connectivity index (χ4v) is 3.02. The molecule has 1 heterocycles. The Labute approximate surface area is 166 Å². The summed E-state index contributed by atoms with van der Waals surface area (Å²) in [6, 6.07) is 15.9. The maximum Gasteiger partial charge on any atom is 0.338 e. The first-order valence-corrected chi connectivity index (χ1v) is 8.82. The van der Waals surface area contributed by atoms with Gasteiger partial charge in [0.1, 0.15) is 11.5 Å². The van der Waals surface area contributed by atoms with Crippen molar-refractivity contribution in [1.82, 2.24) is 5.43 Å². The zero-order valence-corrected chi connectivity index (χ0v) is 15.9. The van der Waals surface area contributed by atoms with Crippen LogP contribution in [-0.4, -0.2) is 19.3 Å². The number of hydrogen-bond acceptors (Lipinski definition) is 5. The quantitative estimate of drug-likeness (QED) is 0.351. The number of methoxy groups -OCH3 is 1. The van der Waals surface area contributed by atoms with E-state index < -0.39 is 5.97 Å². The summed E-state index contributed by atoms with van der Waals surface area (Å²) in [5.41, 5.74) is 4.74. The van der Waals surface area contributed by atoms with Crippen molar-refractivity contribution in [1.29, 1.82) is 0 Å². The van der Waals surface area contributed by atoms with Crippen molar-refractivity contribution in [2.24, 2.45) is 5.10 Å². The van der Waals surface area contributed by atoms with Crippen molar-refractivity contribution in [3.8, 4) is 11.3 Å². The number of carbonyl (C=O) groups is 1. The van der Waals surface area contributed by atoms with E-state index in [0.717, 1.165) is 5.56 Å². The molecule has 7 heteroatoms. The zero-order valence-electron chi connectivity index (χ0n) is 14.4. The van der Waals surface area contributed by atoms with E-state index >= 15 is 0 Å². The zero-order chi connectivity index (χ0) is 19.2. The van der Waals surface area contributed by atoms with E-state index in [1.54, 1.807) is 48.5 Å². The highest BCUT2D eigenvalue weighted by Gasteiger charge is 2.15. The minimum absolute atomic E-state index is 0.383. The van der Waals surface area contributed by atoms with Crippen LogP contribution in [0.25, 0.3) is 11.3 Å². The minimum atomic E-state index is -0.421. The first-order valence-electron chi connectivity index (χ1n) is 8.06. The average Bonchev–Trinajstić information content (AvgIpc) is 3.15. The summed E-state index contributed by atoms with van der Waals surface area (Å²) in [6.07, 6.45) is 1.54. The summed E-state index contributed by atoms with van der Waals surface area (Å²) in [5.74, 6) is 0.657. The molecule has 27 heavy (non-hydrogen) atoms. The van der Waals surface area contributed by atoms with E-state index in [0.29, 0.717) is 39.2 Å². The number of benzene rings is 2. The van der Waals surface area contributed by atoms with Gasteiger partial charge in [-0.3, -0.25) is 0 Å². The lowest BCUT2D eigenvalue weighted by molar-refractivity contribution is 0.0601. The Kier molecular flexibility index (Phi) is 6.16. The van der Waals surface area contributed by atoms with Gasteiger partial charge in [0.05, 0.1) is 25.4 Å². The lowest BCUT2D eigenvalue weighted by Crippen LogP contribution is -2.06. The molecule has 0 spiro atoms. The van der Waals surface area contributed by atoms with Crippen molar-refractivity contribution in [3.63, 3.8) is 0 Å². The molecule has 1 N–H and O–H groups in total. The molecule has 0 saturated carbocycles. The molecule has 3 rings (SSSR count). The fourth-order valence-electron chi connectivity index (χ4n) is 2.49. The molecule has 2 aromatic carbocycles. The van der Waals surface area contributed by atoms with E-state index in [-0.39, 0.29) is 0 Å². The third-order valence-corrected chi connectivity index (χ3v) is 4.53. The number of nitrogens with one attached hydrogen (secondary N) is 1. The summed E-state index contributed by atoms with van der Waals surface area (Å²) < 4.78 is 10.6. The van der Waals surface area contributed by atoms with Crippen LogP contribution in [0.4, 0.5) is 0 Å². The number of hydrazone groups is 1. The third-order valence-electron chi connectivity index (χ3n) is 3.83. The van der Waals surface area contributed by atoms with Crippen LogP contribution in [0, 0.1) is 0 Å². The Bertz CT molecular complexity index is 963. The topological polar surface area (TPSA) is 63.8 Å². The molecule has 0 aliphatic carbocycles. The van der Waals surface area contributed by atoms with Crippen LogP contribution in [0.2, 0.25) is 10.0 Å². The van der Waals surface area contributed by atoms with Crippen LogP contribution in [0.5, 0.6) is 0 Å². The van der Waals surface area contributed by atoms with E-state index in [1.807, 2.05) is 6.07 Å². The van der Waals surface area contributed by atoms with Crippen molar-refractivity contribution >= 4 is 35.4 Å². The second-order valence-corrected chi connectivity index (χ2v) is 6.35. The lowest BCUT2D eigenvalue weighted by atomic mass is 10.1. The number of esters is 1. The van der Waals surface area contributed by atoms with Gasteiger partial charge >= 0.3 is 5.97 Å². The summed E-state index contributed by atoms with van der Waals surface area (Å²) in [7, 11) is 1.34. The molecule has 0 radical (unpaired) electrons. The SMILES string of the molecule is COC(=O)c1ccccc1-c1ccc(/C=N/NCc2c(Cl)cccc2Cl)o1. The first-order chi connectivity index (χ1) is 13.1. The van der Waals surface area contributed by atoms with Crippen molar-refractivity contribution in [2.75, 3.05) is 7.11 Å². The number of furan rings is 1. The Morgan fingerprint density at radius 2 is 1.85 bits per heavy atom. The highest BCUT2D eigenvalue weighted by atomic mass is 35.5. The Balaban J connectivity index is 1.70. The predicted octanol–water partition coefficient (Wildman–Crippen LogP) is 5.16. The van der Waals surface area contributed by atoms with E-state index in [9.17, 15) is 4.79 Å². The van der Waals surface area contributed by atoms with Gasteiger partial charge < -0.3 is 14.6 Å². The second kappa shape index (κ2) is 8.75. The fraction of sp³-hybridized carbons (Fsp3) is 0.100. The van der Waals surface area contributed by atoms with Crippen LogP contribution >= 0.6 is 23.2 Å². The van der Waals surface area contributed by atoms with Gasteiger partial charge in [-0.15, -0.1) is 0 Å². The molecular formula is C20H16Cl2N2O3. The molecule has 0 amide bonds. The van der Waals surface area contributed by atoms with Gasteiger partial charge in [0.25, 0.3) is 0 Å². The molecule has 0 fully saturated rings. The maximum absolute atomic E-state index is 11.9. The summed E-state index contributed by atoms with van der Waals surface area (Å²) in [4.78, 5) is 11.9. The van der Waals surface area contributed by atoms with E-state index in [2.05, 4.69) is 10.5 Å². The number of halogens is 2. The normalized spacial score (nSPS) is 10.9. The molecule has 0 bridgehead atoms. The first kappa shape index (κ1) is 19.0. The molecule has 0 aliphatic rings. The van der Waals surface area contributed by atoms with Crippen LogP contribution in [-0.2, 0) is 11.3 Å². The molecule has 0 atom stereocenters. The predicted molar refractivity (Wildman–Crippen MR) is 106 cm³/mol. The Morgan fingerprint density at radius 1 is 1.11 bits per heavy atom. The smallest absolute Gasteiger partial charge is 0.338 e. The minimum Gasteiger partial charge on any atom is -0.465 e. The van der Waals surface area contributed by atoms with E-state index in [4.69, 9.17) is 32.4 Å². The summed E-state index contributed by atoms with van der Waals surface area (Å²) in [6.45, 7) is 0.383. The van der Waals surface area contributed by atoms with Crippen LogP contribution in [0.15, 0.2) is 64.1 Å². The number of hydrogen-bond donors (Lipinski definition) is 1. The number of rotatable bonds is 6. The monoisotopic (exact) mass is 402 g/mol. The molecule has 138 valence electrons. The summed E-state index contributed by atoms with van der Waals surface area (Å²) in [5, 5.41) is 5.27. The van der Waals surface area contributed by atoms with Crippen LogP contribution in [0.3, 0.4) is 0 Å². The average molecular weight is 403 g/mol. The highest BCUT2D eigenvalue weighted by Crippen LogP contribution is 2.26. The second-order valence-electron chi connectivity index (χ2n) is 5.53. The van der Waals surface area contributed by atoms with E-state index in [1.165, 1.54) is 13.3 Å². The van der Waals surface area contributed by atoms with Gasteiger partial charge in [-0.2, -0.15) is 5.10 Å². The number of nitrogens with zero attached hydrogens (tertiary/aromatic N) is 1.